The summed E-state index contributed by atoms with van der Waals surface area (Å²) >= 11 is 14.1. The Bertz CT molecular complexity index is 1300. The number of hydrogen-bond acceptors (Lipinski definition) is 0. The molecule has 2 radical (unpaired) electrons. The first-order chi connectivity index (χ1) is 15.0. The van der Waals surface area contributed by atoms with Crippen LogP contribution in [0.3, 0.4) is 0 Å². The SMILES string of the molecule is Cc1cc2c(c(Cl)c1[Si]c1c(C)cc3c(c1Cl)Cc1ccccc1-3)Cc1ccccc1-2.[Hf+4]. The quantitative estimate of drug-likeness (QED) is 0.194. The van der Waals surface area contributed by atoms with E-state index in [-0.39, 0.29) is 25.8 Å². The normalized spacial score (nSPS) is 12.6. The zero-order valence-electron chi connectivity index (χ0n) is 17.9. The van der Waals surface area contributed by atoms with Crippen molar-refractivity contribution in [2.75, 3.05) is 0 Å². The van der Waals surface area contributed by atoms with Gasteiger partial charge in [-0.3, -0.25) is 0 Å². The summed E-state index contributed by atoms with van der Waals surface area (Å²) in [6.07, 6.45) is 1.82. The number of rotatable bonds is 2. The smallest absolute Gasteiger partial charge is 0.0841 e. The van der Waals surface area contributed by atoms with Gasteiger partial charge in [-0.15, -0.1) is 0 Å². The van der Waals surface area contributed by atoms with Crippen molar-refractivity contribution in [3.8, 4) is 22.3 Å². The molecular formula is C28H20Cl2HfSi+4. The van der Waals surface area contributed by atoms with Gasteiger partial charge in [0.15, 0.2) is 0 Å². The topological polar surface area (TPSA) is 0 Å². The summed E-state index contributed by atoms with van der Waals surface area (Å²) in [5.41, 5.74) is 13.0. The van der Waals surface area contributed by atoms with Crippen LogP contribution in [0, 0.1) is 13.8 Å². The van der Waals surface area contributed by atoms with Gasteiger partial charge in [0.05, 0.1) is 0 Å². The van der Waals surface area contributed by atoms with Crippen molar-refractivity contribution >= 4 is 43.1 Å². The van der Waals surface area contributed by atoms with Gasteiger partial charge in [-0.05, 0) is 79.9 Å². The van der Waals surface area contributed by atoms with Crippen LogP contribution in [0.4, 0.5) is 0 Å². The van der Waals surface area contributed by atoms with Gasteiger partial charge in [0, 0.05) is 22.9 Å². The molecule has 0 saturated carbocycles. The van der Waals surface area contributed by atoms with Crippen molar-refractivity contribution in [1.29, 1.82) is 0 Å². The standard InChI is InChI=1S/C28H20Cl2Si.Hf/c1-15-11-21-19-9-5-3-7-17(19)13-23(21)25(29)27(15)31-28-16(2)12-22-20-10-6-4-8-18(20)14-24(22)26(28)30;/h3-12H,13-14H2,1-2H3;/q;+4. The molecule has 32 heavy (non-hydrogen) atoms. The minimum Gasteiger partial charge on any atom is -0.0841 e. The second kappa shape index (κ2) is 8.40. The Labute approximate surface area is 220 Å². The van der Waals surface area contributed by atoms with Crippen LogP contribution in [0.1, 0.15) is 33.4 Å². The predicted molar refractivity (Wildman–Crippen MR) is 134 cm³/mol. The maximum absolute atomic E-state index is 7.06. The van der Waals surface area contributed by atoms with E-state index in [1.165, 1.54) is 66.0 Å². The Morgan fingerprint density at radius 2 is 1.03 bits per heavy atom. The average molecular weight is 634 g/mol. The number of fused-ring (bicyclic) bond motifs is 6. The third-order valence-electron chi connectivity index (χ3n) is 6.73. The van der Waals surface area contributed by atoms with E-state index in [1.54, 1.807) is 0 Å². The van der Waals surface area contributed by atoms with Crippen LogP contribution in [0.2, 0.25) is 10.0 Å². The van der Waals surface area contributed by atoms with Crippen LogP contribution in [0.5, 0.6) is 0 Å². The molecule has 0 aromatic heterocycles. The maximum atomic E-state index is 7.06. The molecule has 0 nitrogen and oxygen atoms in total. The third-order valence-corrected chi connectivity index (χ3v) is 9.67. The van der Waals surface area contributed by atoms with Crippen molar-refractivity contribution in [3.05, 3.63) is 104 Å². The summed E-state index contributed by atoms with van der Waals surface area (Å²) in [5.74, 6) is 0. The van der Waals surface area contributed by atoms with Gasteiger partial charge in [0.25, 0.3) is 0 Å². The first kappa shape index (κ1) is 22.3. The largest absolute Gasteiger partial charge is 4.00 e. The van der Waals surface area contributed by atoms with Gasteiger partial charge in [-0.2, -0.15) is 0 Å². The Kier molecular flexibility index (Phi) is 5.86. The average Bonchev–Trinajstić information content (AvgIpc) is 3.32. The number of halogens is 2. The van der Waals surface area contributed by atoms with Crippen molar-refractivity contribution in [3.63, 3.8) is 0 Å². The summed E-state index contributed by atoms with van der Waals surface area (Å²) in [6, 6.07) is 21.9. The molecule has 2 aliphatic rings. The summed E-state index contributed by atoms with van der Waals surface area (Å²) < 4.78 is 0. The molecule has 4 aromatic rings. The Morgan fingerprint density at radius 1 is 0.625 bits per heavy atom. The molecule has 0 unspecified atom stereocenters. The molecule has 0 atom stereocenters. The second-order valence-electron chi connectivity index (χ2n) is 8.61. The van der Waals surface area contributed by atoms with E-state index in [0.29, 0.717) is 9.52 Å². The Morgan fingerprint density at radius 3 is 1.47 bits per heavy atom. The molecule has 0 spiro atoms. The molecule has 0 amide bonds. The number of hydrogen-bond donors (Lipinski definition) is 0. The molecule has 0 saturated heterocycles. The molecule has 0 aliphatic heterocycles. The zero-order valence-corrected chi connectivity index (χ0v) is 24.0. The van der Waals surface area contributed by atoms with Crippen LogP contribution < -0.4 is 10.4 Å². The van der Waals surface area contributed by atoms with E-state index in [9.17, 15) is 0 Å². The van der Waals surface area contributed by atoms with E-state index in [1.807, 2.05) is 0 Å². The van der Waals surface area contributed by atoms with Gasteiger partial charge in [0.2, 0.25) is 0 Å². The first-order valence-electron chi connectivity index (χ1n) is 10.6. The summed E-state index contributed by atoms with van der Waals surface area (Å²) in [5, 5.41) is 4.30. The fourth-order valence-corrected chi connectivity index (χ4v) is 7.38. The minimum absolute atomic E-state index is 0. The first-order valence-corrected chi connectivity index (χ1v) is 12.4. The number of aryl methyl sites for hydroxylation is 2. The van der Waals surface area contributed by atoms with E-state index in [0.717, 1.165) is 22.9 Å². The van der Waals surface area contributed by atoms with E-state index >= 15 is 0 Å². The summed E-state index contributed by atoms with van der Waals surface area (Å²) in [6.45, 7) is 4.36. The predicted octanol–water partition coefficient (Wildman–Crippen LogP) is 6.41. The maximum Gasteiger partial charge on any atom is 4.00 e. The molecule has 150 valence electrons. The third kappa shape index (κ3) is 3.34. The molecule has 0 bridgehead atoms. The van der Waals surface area contributed by atoms with Crippen molar-refractivity contribution in [2.45, 2.75) is 26.7 Å². The molecule has 2 aliphatic carbocycles. The Hall–Kier alpha value is -1.45. The number of benzene rings is 4. The molecule has 0 heterocycles. The van der Waals surface area contributed by atoms with Crippen LogP contribution in [0.15, 0.2) is 60.7 Å². The van der Waals surface area contributed by atoms with Gasteiger partial charge in [0.1, 0.15) is 9.52 Å². The van der Waals surface area contributed by atoms with Crippen LogP contribution >= 0.6 is 23.2 Å². The van der Waals surface area contributed by atoms with Crippen LogP contribution in [-0.4, -0.2) is 9.52 Å². The molecule has 4 heteroatoms. The van der Waals surface area contributed by atoms with Gasteiger partial charge in [-0.1, -0.05) is 83.9 Å². The van der Waals surface area contributed by atoms with E-state index in [2.05, 4.69) is 74.5 Å². The minimum atomic E-state index is 0. The molecule has 6 rings (SSSR count). The zero-order chi connectivity index (χ0) is 21.3. The van der Waals surface area contributed by atoms with Gasteiger partial charge >= 0.3 is 25.8 Å². The molecule has 4 aromatic carbocycles. The van der Waals surface area contributed by atoms with E-state index in [4.69, 9.17) is 23.2 Å². The fraction of sp³-hybridized carbons (Fsp3) is 0.143. The van der Waals surface area contributed by atoms with Crippen LogP contribution in [0.25, 0.3) is 22.3 Å². The Balaban J connectivity index is 0.00000216. The summed E-state index contributed by atoms with van der Waals surface area (Å²) in [4.78, 5) is 0. The summed E-state index contributed by atoms with van der Waals surface area (Å²) in [7, 11) is 0.449. The molecule has 0 fully saturated rings. The van der Waals surface area contributed by atoms with Gasteiger partial charge < -0.3 is 0 Å². The second-order valence-corrected chi connectivity index (χ2v) is 10.6. The van der Waals surface area contributed by atoms with Crippen molar-refractivity contribution in [1.82, 2.24) is 0 Å². The van der Waals surface area contributed by atoms with Gasteiger partial charge in [-0.25, -0.2) is 0 Å². The van der Waals surface area contributed by atoms with E-state index < -0.39 is 0 Å². The van der Waals surface area contributed by atoms with Crippen molar-refractivity contribution in [2.24, 2.45) is 0 Å². The van der Waals surface area contributed by atoms with Crippen molar-refractivity contribution < 1.29 is 25.8 Å². The fourth-order valence-electron chi connectivity index (χ4n) is 5.15. The monoisotopic (exact) mass is 634 g/mol. The molecular weight excluding hydrogens is 614 g/mol. The molecule has 0 N–H and O–H groups in total. The van der Waals surface area contributed by atoms with Crippen LogP contribution in [-0.2, 0) is 38.7 Å².